The summed E-state index contributed by atoms with van der Waals surface area (Å²) in [5, 5.41) is 0. The minimum atomic E-state index is -3.58. The molecule has 0 bridgehead atoms. The van der Waals surface area contributed by atoms with E-state index in [9.17, 15) is 9.59 Å². The molecule has 0 saturated carbocycles. The average molecular weight is 333 g/mol. The monoisotopic (exact) mass is 332 g/mol. The number of hydrogen-bond donors (Lipinski definition) is 2. The second kappa shape index (κ2) is 5.15. The third-order valence-corrected chi connectivity index (χ3v) is 15.7. The van der Waals surface area contributed by atoms with Crippen LogP contribution >= 0.6 is 0 Å². The average Bonchev–Trinajstić information content (AvgIpc) is 2.11. The van der Waals surface area contributed by atoms with Gasteiger partial charge in [-0.1, -0.05) is 0 Å². The largest absolute Gasteiger partial charge is 0.482 e. The van der Waals surface area contributed by atoms with Gasteiger partial charge in [-0.15, -0.1) is 0 Å². The Morgan fingerprint density at radius 2 is 1.00 bits per heavy atom. The van der Waals surface area contributed by atoms with Gasteiger partial charge in [0.15, 0.2) is 0 Å². The molecule has 4 unspecified atom stereocenters. The molecular formula is C6H20O8Si4. The second-order valence-corrected chi connectivity index (χ2v) is 15.5. The molecule has 1 rings (SSSR count). The first-order chi connectivity index (χ1) is 7.95. The van der Waals surface area contributed by atoms with E-state index in [1.54, 1.807) is 13.1 Å². The molecule has 0 aromatic carbocycles. The van der Waals surface area contributed by atoms with Crippen molar-refractivity contribution in [2.75, 3.05) is 14.2 Å². The van der Waals surface area contributed by atoms with Crippen molar-refractivity contribution in [1.82, 2.24) is 0 Å². The van der Waals surface area contributed by atoms with Gasteiger partial charge in [-0.3, -0.25) is 0 Å². The number of rotatable bonds is 2. The van der Waals surface area contributed by atoms with Crippen molar-refractivity contribution < 1.29 is 34.9 Å². The highest BCUT2D eigenvalue weighted by molar-refractivity contribution is 6.87. The van der Waals surface area contributed by atoms with Gasteiger partial charge in [0.05, 0.1) is 0 Å². The smallest absolute Gasteiger partial charge is 0.391 e. The summed E-state index contributed by atoms with van der Waals surface area (Å²) in [5.41, 5.74) is 0. The molecule has 18 heavy (non-hydrogen) atoms. The van der Waals surface area contributed by atoms with Crippen molar-refractivity contribution in [3.63, 3.8) is 0 Å². The molecule has 0 aliphatic carbocycles. The van der Waals surface area contributed by atoms with Crippen LogP contribution in [0.15, 0.2) is 0 Å². The Kier molecular flexibility index (Phi) is 4.75. The zero-order valence-corrected chi connectivity index (χ0v) is 15.3. The highest BCUT2D eigenvalue weighted by Gasteiger charge is 2.60. The standard InChI is InChI=1S/C6H20O8Si4/c1-9-17(5)12-15(3,7)11-16(4,8)13-18(6,10-2)14-17/h7-8H,1-6H3. The van der Waals surface area contributed by atoms with Gasteiger partial charge in [0.1, 0.15) is 0 Å². The summed E-state index contributed by atoms with van der Waals surface area (Å²) in [5.74, 6) is 0. The number of hydrogen-bond acceptors (Lipinski definition) is 8. The Morgan fingerprint density at radius 3 is 1.28 bits per heavy atom. The zero-order valence-electron chi connectivity index (χ0n) is 11.3. The van der Waals surface area contributed by atoms with Gasteiger partial charge < -0.3 is 34.9 Å². The molecule has 1 heterocycles. The van der Waals surface area contributed by atoms with E-state index in [1.807, 2.05) is 0 Å². The zero-order chi connectivity index (χ0) is 14.2. The van der Waals surface area contributed by atoms with Crippen molar-refractivity contribution in [2.45, 2.75) is 26.2 Å². The Morgan fingerprint density at radius 1 is 0.667 bits per heavy atom. The lowest BCUT2D eigenvalue weighted by molar-refractivity contribution is 0.0621. The van der Waals surface area contributed by atoms with E-state index in [4.69, 9.17) is 25.3 Å². The molecule has 1 aliphatic rings. The van der Waals surface area contributed by atoms with Crippen LogP contribution in [0.4, 0.5) is 0 Å². The van der Waals surface area contributed by atoms with E-state index < -0.39 is 35.2 Å². The molecule has 0 spiro atoms. The maximum atomic E-state index is 10.1. The third kappa shape index (κ3) is 4.29. The lowest BCUT2D eigenvalue weighted by Gasteiger charge is -2.43. The molecule has 1 saturated heterocycles. The fourth-order valence-corrected chi connectivity index (χ4v) is 16.1. The lowest BCUT2D eigenvalue weighted by atomic mass is 11.8. The first-order valence-corrected chi connectivity index (χ1v) is 14.3. The van der Waals surface area contributed by atoms with E-state index in [1.165, 1.54) is 27.3 Å². The molecule has 1 fully saturated rings. The van der Waals surface area contributed by atoms with Gasteiger partial charge >= 0.3 is 35.2 Å². The topological polar surface area (TPSA) is 95.8 Å². The van der Waals surface area contributed by atoms with Crippen molar-refractivity contribution in [3.8, 4) is 0 Å². The van der Waals surface area contributed by atoms with Gasteiger partial charge in [0.2, 0.25) is 0 Å². The molecule has 8 nitrogen and oxygen atoms in total. The van der Waals surface area contributed by atoms with Gasteiger partial charge in [-0.25, -0.2) is 0 Å². The maximum absolute atomic E-state index is 10.1. The summed E-state index contributed by atoms with van der Waals surface area (Å²) in [6.07, 6.45) is 0. The van der Waals surface area contributed by atoms with Crippen LogP contribution in [0.3, 0.4) is 0 Å². The first kappa shape index (κ1) is 16.6. The summed E-state index contributed by atoms with van der Waals surface area (Å²) >= 11 is 0. The molecular weight excluding hydrogens is 312 g/mol. The molecule has 0 aromatic rings. The van der Waals surface area contributed by atoms with Crippen LogP contribution in [0.25, 0.3) is 0 Å². The Balaban J connectivity index is 3.07. The van der Waals surface area contributed by atoms with Crippen molar-refractivity contribution in [1.29, 1.82) is 0 Å². The van der Waals surface area contributed by atoms with E-state index in [0.29, 0.717) is 0 Å². The van der Waals surface area contributed by atoms with Gasteiger partial charge in [0, 0.05) is 40.4 Å². The maximum Gasteiger partial charge on any atom is 0.482 e. The van der Waals surface area contributed by atoms with E-state index in [0.717, 1.165) is 0 Å². The van der Waals surface area contributed by atoms with Gasteiger partial charge in [-0.2, -0.15) is 0 Å². The molecule has 108 valence electrons. The lowest BCUT2D eigenvalue weighted by Crippen LogP contribution is -2.69. The molecule has 12 heteroatoms. The fourth-order valence-electron chi connectivity index (χ4n) is 1.63. The van der Waals surface area contributed by atoms with E-state index in [-0.39, 0.29) is 0 Å². The Bertz CT molecular complexity index is 286. The molecule has 0 radical (unpaired) electrons. The molecule has 1 aliphatic heterocycles. The third-order valence-electron chi connectivity index (χ3n) is 2.24. The van der Waals surface area contributed by atoms with Crippen molar-refractivity contribution in [3.05, 3.63) is 0 Å². The van der Waals surface area contributed by atoms with Gasteiger partial charge in [0.25, 0.3) is 0 Å². The SMILES string of the molecule is CO[Si]1(C)O[Si](C)(O)O[Si](C)(O)O[Si](C)(OC)O1. The minimum absolute atomic E-state index is 1.38. The van der Waals surface area contributed by atoms with Crippen molar-refractivity contribution >= 4 is 35.2 Å². The van der Waals surface area contributed by atoms with Crippen LogP contribution in [0.5, 0.6) is 0 Å². The van der Waals surface area contributed by atoms with Crippen LogP contribution < -0.4 is 0 Å². The molecule has 0 aromatic heterocycles. The summed E-state index contributed by atoms with van der Waals surface area (Å²) in [7, 11) is -10.6. The second-order valence-electron chi connectivity index (χ2n) is 4.34. The van der Waals surface area contributed by atoms with Crippen LogP contribution in [0, 0.1) is 0 Å². The Hall–Kier alpha value is 0.548. The normalized spacial score (nSPS) is 50.7. The highest BCUT2D eigenvalue weighted by Crippen LogP contribution is 2.28. The predicted molar refractivity (Wildman–Crippen MR) is 69.3 cm³/mol. The fraction of sp³-hybridized carbons (Fsp3) is 1.00. The molecule has 2 N–H and O–H groups in total. The predicted octanol–water partition coefficient (Wildman–Crippen LogP) is -0.381. The van der Waals surface area contributed by atoms with Crippen LogP contribution in [-0.2, 0) is 25.3 Å². The molecule has 4 atom stereocenters. The van der Waals surface area contributed by atoms with Crippen LogP contribution in [0.1, 0.15) is 0 Å². The summed E-state index contributed by atoms with van der Waals surface area (Å²) in [4.78, 5) is 20.1. The van der Waals surface area contributed by atoms with Crippen LogP contribution in [-0.4, -0.2) is 59.0 Å². The Labute approximate surface area is 111 Å². The van der Waals surface area contributed by atoms with Crippen LogP contribution in [0.2, 0.25) is 26.2 Å². The van der Waals surface area contributed by atoms with E-state index in [2.05, 4.69) is 0 Å². The summed E-state index contributed by atoms with van der Waals surface area (Å²) in [6, 6.07) is 0. The minimum Gasteiger partial charge on any atom is -0.391 e. The van der Waals surface area contributed by atoms with Gasteiger partial charge in [-0.05, 0) is 0 Å². The van der Waals surface area contributed by atoms with E-state index >= 15 is 0 Å². The summed E-state index contributed by atoms with van der Waals surface area (Å²) < 4.78 is 32.3. The highest BCUT2D eigenvalue weighted by atomic mass is 28.5. The quantitative estimate of drug-likeness (QED) is 0.661. The summed E-state index contributed by atoms with van der Waals surface area (Å²) in [6.45, 7) is 5.96. The first-order valence-electron chi connectivity index (χ1n) is 5.30. The van der Waals surface area contributed by atoms with Crippen molar-refractivity contribution in [2.24, 2.45) is 0 Å². The molecule has 0 amide bonds.